The highest BCUT2D eigenvalue weighted by molar-refractivity contribution is 5.83. The van der Waals surface area contributed by atoms with Crippen LogP contribution in [-0.4, -0.2) is 18.1 Å². The first-order valence-corrected chi connectivity index (χ1v) is 5.38. The Morgan fingerprint density at radius 3 is 2.94 bits per heavy atom. The van der Waals surface area contributed by atoms with Crippen molar-refractivity contribution in [3.63, 3.8) is 0 Å². The summed E-state index contributed by atoms with van der Waals surface area (Å²) in [7, 11) is 1.36. The number of para-hydroxylation sites is 1. The molecule has 2 rings (SSSR count). The Morgan fingerprint density at radius 1 is 1.41 bits per heavy atom. The topological polar surface area (TPSA) is 65.2 Å². The number of hydrogen-bond donors (Lipinski definition) is 1. The standard InChI is InChI=1S/C13H14N2O2/c1-17-13(16)8-11(14)9-6-7-15-12-5-3-2-4-10(9)12/h2-7,11H,8,14H2,1H3. The number of aromatic nitrogens is 1. The van der Waals surface area contributed by atoms with Crippen LogP contribution in [0, 0.1) is 0 Å². The number of methoxy groups -OCH3 is 1. The maximum atomic E-state index is 11.2. The average molecular weight is 230 g/mol. The second-order valence-electron chi connectivity index (χ2n) is 3.80. The average Bonchev–Trinajstić information content (AvgIpc) is 2.37. The molecular weight excluding hydrogens is 216 g/mol. The number of carbonyl (C=O) groups is 1. The van der Waals surface area contributed by atoms with E-state index >= 15 is 0 Å². The lowest BCUT2D eigenvalue weighted by Gasteiger charge is -2.12. The smallest absolute Gasteiger partial charge is 0.307 e. The van der Waals surface area contributed by atoms with Crippen LogP contribution in [0.5, 0.6) is 0 Å². The van der Waals surface area contributed by atoms with Crippen molar-refractivity contribution in [2.24, 2.45) is 5.73 Å². The minimum atomic E-state index is -0.365. The fourth-order valence-electron chi connectivity index (χ4n) is 1.81. The van der Waals surface area contributed by atoms with E-state index in [2.05, 4.69) is 9.72 Å². The van der Waals surface area contributed by atoms with E-state index in [-0.39, 0.29) is 18.4 Å². The lowest BCUT2D eigenvalue weighted by molar-refractivity contribution is -0.141. The molecule has 0 radical (unpaired) electrons. The van der Waals surface area contributed by atoms with E-state index in [1.807, 2.05) is 30.3 Å². The number of pyridine rings is 1. The molecule has 1 atom stereocenters. The minimum Gasteiger partial charge on any atom is -0.469 e. The first kappa shape index (κ1) is 11.5. The maximum absolute atomic E-state index is 11.2. The van der Waals surface area contributed by atoms with Crippen molar-refractivity contribution < 1.29 is 9.53 Å². The Kier molecular flexibility index (Phi) is 3.35. The third kappa shape index (κ3) is 2.42. The fraction of sp³-hybridized carbons (Fsp3) is 0.231. The van der Waals surface area contributed by atoms with E-state index in [1.165, 1.54) is 7.11 Å². The summed E-state index contributed by atoms with van der Waals surface area (Å²) >= 11 is 0. The number of fused-ring (bicyclic) bond motifs is 1. The summed E-state index contributed by atoms with van der Waals surface area (Å²) in [4.78, 5) is 15.5. The van der Waals surface area contributed by atoms with Gasteiger partial charge in [0, 0.05) is 17.6 Å². The van der Waals surface area contributed by atoms with Gasteiger partial charge in [-0.2, -0.15) is 0 Å². The molecule has 0 aliphatic rings. The number of hydrogen-bond acceptors (Lipinski definition) is 4. The van der Waals surface area contributed by atoms with Crippen molar-refractivity contribution in [1.82, 2.24) is 4.98 Å². The quantitative estimate of drug-likeness (QED) is 0.816. The largest absolute Gasteiger partial charge is 0.469 e. The van der Waals surface area contributed by atoms with E-state index in [4.69, 9.17) is 5.73 Å². The molecule has 0 spiro atoms. The summed E-state index contributed by atoms with van der Waals surface area (Å²) in [5.74, 6) is -0.307. The number of carbonyl (C=O) groups excluding carboxylic acids is 1. The zero-order valence-corrected chi connectivity index (χ0v) is 9.59. The predicted molar refractivity (Wildman–Crippen MR) is 65.3 cm³/mol. The molecule has 0 aliphatic heterocycles. The zero-order valence-electron chi connectivity index (χ0n) is 9.59. The SMILES string of the molecule is COC(=O)CC(N)c1ccnc2ccccc12. The van der Waals surface area contributed by atoms with Crippen molar-refractivity contribution in [1.29, 1.82) is 0 Å². The van der Waals surface area contributed by atoms with Crippen LogP contribution in [0.2, 0.25) is 0 Å². The van der Waals surface area contributed by atoms with Gasteiger partial charge in [0.2, 0.25) is 0 Å². The van der Waals surface area contributed by atoms with Crippen molar-refractivity contribution in [3.8, 4) is 0 Å². The van der Waals surface area contributed by atoms with Crippen LogP contribution in [0.3, 0.4) is 0 Å². The van der Waals surface area contributed by atoms with Gasteiger partial charge in [0.05, 0.1) is 19.0 Å². The predicted octanol–water partition coefficient (Wildman–Crippen LogP) is 1.80. The third-order valence-electron chi connectivity index (χ3n) is 2.70. The number of nitrogens with two attached hydrogens (primary N) is 1. The van der Waals surface area contributed by atoms with Gasteiger partial charge in [-0.1, -0.05) is 18.2 Å². The van der Waals surface area contributed by atoms with E-state index < -0.39 is 0 Å². The van der Waals surface area contributed by atoms with Crippen molar-refractivity contribution in [3.05, 3.63) is 42.1 Å². The number of rotatable bonds is 3. The maximum Gasteiger partial charge on any atom is 0.307 e. The van der Waals surface area contributed by atoms with Gasteiger partial charge in [-0.05, 0) is 17.7 Å². The number of nitrogens with zero attached hydrogens (tertiary/aromatic N) is 1. The van der Waals surface area contributed by atoms with Gasteiger partial charge in [0.15, 0.2) is 0 Å². The third-order valence-corrected chi connectivity index (χ3v) is 2.70. The molecule has 4 nitrogen and oxygen atoms in total. The molecule has 1 aromatic carbocycles. The van der Waals surface area contributed by atoms with Gasteiger partial charge < -0.3 is 10.5 Å². The zero-order chi connectivity index (χ0) is 12.3. The van der Waals surface area contributed by atoms with Crippen LogP contribution in [0.15, 0.2) is 36.5 Å². The second-order valence-corrected chi connectivity index (χ2v) is 3.80. The Labute approximate surface area is 99.4 Å². The molecule has 0 fully saturated rings. The molecule has 0 amide bonds. The summed E-state index contributed by atoms with van der Waals surface area (Å²) in [5, 5.41) is 0.978. The van der Waals surface area contributed by atoms with Crippen molar-refractivity contribution in [2.75, 3.05) is 7.11 Å². The van der Waals surface area contributed by atoms with Crippen LogP contribution in [0.1, 0.15) is 18.0 Å². The van der Waals surface area contributed by atoms with Gasteiger partial charge >= 0.3 is 5.97 Å². The molecule has 0 saturated carbocycles. The highest BCUT2D eigenvalue weighted by Crippen LogP contribution is 2.23. The lowest BCUT2D eigenvalue weighted by atomic mass is 10.0. The molecule has 0 saturated heterocycles. The van der Waals surface area contributed by atoms with Gasteiger partial charge in [-0.15, -0.1) is 0 Å². The van der Waals surface area contributed by atoms with Crippen LogP contribution >= 0.6 is 0 Å². The van der Waals surface area contributed by atoms with E-state index in [1.54, 1.807) is 6.20 Å². The van der Waals surface area contributed by atoms with Gasteiger partial charge in [-0.3, -0.25) is 9.78 Å². The van der Waals surface area contributed by atoms with E-state index in [0.717, 1.165) is 16.5 Å². The fourth-order valence-corrected chi connectivity index (χ4v) is 1.81. The van der Waals surface area contributed by atoms with Crippen LogP contribution in [0.25, 0.3) is 10.9 Å². The van der Waals surface area contributed by atoms with Crippen LogP contribution < -0.4 is 5.73 Å². The highest BCUT2D eigenvalue weighted by atomic mass is 16.5. The Bertz CT molecular complexity index is 534. The van der Waals surface area contributed by atoms with E-state index in [9.17, 15) is 4.79 Å². The summed E-state index contributed by atoms with van der Waals surface area (Å²) in [5.41, 5.74) is 7.81. The summed E-state index contributed by atoms with van der Waals surface area (Å²) in [6, 6.07) is 9.20. The van der Waals surface area contributed by atoms with Gasteiger partial charge in [-0.25, -0.2) is 0 Å². The van der Waals surface area contributed by atoms with Crippen LogP contribution in [0.4, 0.5) is 0 Å². The Balaban J connectivity index is 2.38. The highest BCUT2D eigenvalue weighted by Gasteiger charge is 2.14. The van der Waals surface area contributed by atoms with Gasteiger partial charge in [0.25, 0.3) is 0 Å². The molecule has 17 heavy (non-hydrogen) atoms. The van der Waals surface area contributed by atoms with Crippen LogP contribution in [-0.2, 0) is 9.53 Å². The molecular formula is C13H14N2O2. The van der Waals surface area contributed by atoms with Crippen molar-refractivity contribution in [2.45, 2.75) is 12.5 Å². The molecule has 2 N–H and O–H groups in total. The number of benzene rings is 1. The molecule has 4 heteroatoms. The Hall–Kier alpha value is -1.94. The van der Waals surface area contributed by atoms with Gasteiger partial charge in [0.1, 0.15) is 0 Å². The summed E-state index contributed by atoms with van der Waals surface area (Å²) in [6.45, 7) is 0. The number of ether oxygens (including phenoxy) is 1. The first-order chi connectivity index (χ1) is 8.22. The molecule has 0 bridgehead atoms. The Morgan fingerprint density at radius 2 is 2.18 bits per heavy atom. The summed E-state index contributed by atoms with van der Waals surface area (Å²) < 4.78 is 4.62. The molecule has 1 heterocycles. The van der Waals surface area contributed by atoms with Crippen molar-refractivity contribution >= 4 is 16.9 Å². The lowest BCUT2D eigenvalue weighted by Crippen LogP contribution is -2.16. The summed E-state index contributed by atoms with van der Waals surface area (Å²) in [6.07, 6.45) is 1.87. The minimum absolute atomic E-state index is 0.171. The van der Waals surface area contributed by atoms with E-state index in [0.29, 0.717) is 0 Å². The monoisotopic (exact) mass is 230 g/mol. The normalized spacial score (nSPS) is 12.4. The molecule has 1 aromatic heterocycles. The molecule has 0 aliphatic carbocycles. The molecule has 1 unspecified atom stereocenters. The first-order valence-electron chi connectivity index (χ1n) is 5.38. The second kappa shape index (κ2) is 4.93. The molecule has 2 aromatic rings. The number of esters is 1. The molecule has 88 valence electrons.